The van der Waals surface area contributed by atoms with Gasteiger partial charge in [-0.1, -0.05) is 76.2 Å². The van der Waals surface area contributed by atoms with Gasteiger partial charge in [0.1, 0.15) is 36.3 Å². The number of hydrogen-bond donors (Lipinski definition) is 7. The number of carboxylic acid groups (broad SMARTS) is 1. The Morgan fingerprint density at radius 3 is 1.51 bits per heavy atom. The van der Waals surface area contributed by atoms with E-state index in [-0.39, 0.29) is 68.1 Å². The number of ether oxygens (including phenoxy) is 1. The summed E-state index contributed by atoms with van der Waals surface area (Å²) >= 11 is 0. The first-order valence-corrected chi connectivity index (χ1v) is 22.1. The third kappa shape index (κ3) is 21.2. The second-order valence-electron chi connectivity index (χ2n) is 18.7. The molecule has 61 heavy (non-hydrogen) atoms. The summed E-state index contributed by atoms with van der Waals surface area (Å²) in [4.78, 5) is 122. The first kappa shape index (κ1) is 54.4. The van der Waals surface area contributed by atoms with Gasteiger partial charge in [0.15, 0.2) is 5.78 Å². The van der Waals surface area contributed by atoms with Gasteiger partial charge in [0.25, 0.3) is 0 Å². The number of rotatable bonds is 14. The topological polar surface area (TPSA) is 255 Å². The summed E-state index contributed by atoms with van der Waals surface area (Å²) in [5.74, 6) is -8.22. The van der Waals surface area contributed by atoms with E-state index in [1.807, 2.05) is 69.2 Å². The van der Waals surface area contributed by atoms with Gasteiger partial charge < -0.3 is 41.7 Å². The maximum Gasteiger partial charge on any atom is 0.328 e. The van der Waals surface area contributed by atoms with Crippen molar-refractivity contribution in [3.63, 3.8) is 0 Å². The number of hydrogen-bond acceptors (Lipinski definition) is 10. The summed E-state index contributed by atoms with van der Waals surface area (Å²) in [6, 6.07) is -7.33. The van der Waals surface area contributed by atoms with Gasteiger partial charge in [-0.3, -0.25) is 38.4 Å². The highest BCUT2D eigenvalue weighted by atomic mass is 16.5. The van der Waals surface area contributed by atoms with Crippen molar-refractivity contribution in [2.75, 3.05) is 0 Å². The van der Waals surface area contributed by atoms with E-state index in [1.165, 1.54) is 6.92 Å². The van der Waals surface area contributed by atoms with E-state index < -0.39 is 114 Å². The van der Waals surface area contributed by atoms with Crippen LogP contribution in [-0.4, -0.2) is 101 Å². The van der Waals surface area contributed by atoms with Crippen molar-refractivity contribution in [2.24, 2.45) is 35.5 Å². The van der Waals surface area contributed by atoms with E-state index in [2.05, 4.69) is 31.9 Å². The highest BCUT2D eigenvalue weighted by Gasteiger charge is 2.36. The minimum absolute atomic E-state index is 0.0781. The number of carbonyl (C=O) groups excluding carboxylic acids is 8. The fourth-order valence-corrected chi connectivity index (χ4v) is 7.04. The van der Waals surface area contributed by atoms with Crippen molar-refractivity contribution in [3.05, 3.63) is 0 Å². The average molecular weight is 865 g/mol. The van der Waals surface area contributed by atoms with Crippen LogP contribution >= 0.6 is 0 Å². The number of esters is 1. The summed E-state index contributed by atoms with van der Waals surface area (Å²) in [5, 5.41) is 25.6. The van der Waals surface area contributed by atoms with Crippen LogP contribution in [0.15, 0.2) is 0 Å². The molecule has 1 aliphatic rings. The van der Waals surface area contributed by atoms with Gasteiger partial charge in [-0.2, -0.15) is 0 Å². The zero-order valence-electron chi connectivity index (χ0n) is 38.6. The smallest absolute Gasteiger partial charge is 0.328 e. The Bertz CT molecular complexity index is 1510. The van der Waals surface area contributed by atoms with Crippen molar-refractivity contribution in [3.8, 4) is 0 Å². The highest BCUT2D eigenvalue weighted by Crippen LogP contribution is 2.21. The summed E-state index contributed by atoms with van der Waals surface area (Å²) in [6.45, 7) is 21.7. The SMILES string of the molecule is CCC1NC(=O)C[C@@H](CCC(C)C)OC(=O)[C@H](CC(C)C)NC(=O)[C@@H](CC(C)C)CC(=O)[C@H](CC(=O)O)NC(=O)[C@H](C)NC(=O)[C@@H](CC(C)C)NC(=O)[C@H](CC(C)C)NC1=O. The first-order valence-electron chi connectivity index (χ1n) is 22.1. The fraction of sp³-hybridized carbons (Fsp3) is 0.795. The summed E-state index contributed by atoms with van der Waals surface area (Å²) in [5.41, 5.74) is 0. The van der Waals surface area contributed by atoms with Gasteiger partial charge >= 0.3 is 11.9 Å². The molecule has 1 fully saturated rings. The number of carbonyl (C=O) groups is 9. The largest absolute Gasteiger partial charge is 0.481 e. The number of cyclic esters (lactones) is 1. The molecule has 17 nitrogen and oxygen atoms in total. The number of carboxylic acids is 1. The van der Waals surface area contributed by atoms with E-state index in [4.69, 9.17) is 4.74 Å². The van der Waals surface area contributed by atoms with Gasteiger partial charge in [0, 0.05) is 12.3 Å². The third-order valence-corrected chi connectivity index (χ3v) is 10.2. The molecule has 0 saturated carbocycles. The van der Waals surface area contributed by atoms with E-state index in [9.17, 15) is 48.3 Å². The van der Waals surface area contributed by atoms with Crippen LogP contribution in [0.25, 0.3) is 0 Å². The van der Waals surface area contributed by atoms with Crippen LogP contribution in [0.4, 0.5) is 0 Å². The number of amides is 6. The molecule has 348 valence electrons. The van der Waals surface area contributed by atoms with Crippen LogP contribution in [0.2, 0.25) is 0 Å². The number of nitrogens with one attached hydrogen (secondary N) is 6. The maximum atomic E-state index is 14.0. The van der Waals surface area contributed by atoms with Crippen LogP contribution in [0, 0.1) is 35.5 Å². The Kier molecular flexibility index (Phi) is 23.8. The molecule has 7 N–H and O–H groups in total. The molecular formula is C44H76N6O11. The highest BCUT2D eigenvalue weighted by molar-refractivity contribution is 5.98. The van der Waals surface area contributed by atoms with Crippen molar-refractivity contribution in [1.82, 2.24) is 31.9 Å². The number of aliphatic carboxylic acids is 1. The molecule has 0 spiro atoms. The zero-order valence-corrected chi connectivity index (χ0v) is 38.6. The molecule has 1 rings (SSSR count). The summed E-state index contributed by atoms with van der Waals surface area (Å²) < 4.78 is 5.94. The van der Waals surface area contributed by atoms with E-state index in [1.54, 1.807) is 6.92 Å². The fourth-order valence-electron chi connectivity index (χ4n) is 7.04. The van der Waals surface area contributed by atoms with E-state index >= 15 is 0 Å². The normalized spacial score (nSPS) is 26.5. The molecule has 0 aliphatic carbocycles. The Morgan fingerprint density at radius 1 is 0.574 bits per heavy atom. The van der Waals surface area contributed by atoms with Crippen LogP contribution in [-0.2, 0) is 47.9 Å². The molecule has 6 amide bonds. The molecule has 17 heteroatoms. The van der Waals surface area contributed by atoms with Gasteiger partial charge in [0.05, 0.1) is 18.9 Å². The molecule has 0 aromatic carbocycles. The molecule has 0 radical (unpaired) electrons. The van der Waals surface area contributed by atoms with Crippen molar-refractivity contribution in [1.29, 1.82) is 0 Å². The Hall–Kier alpha value is -4.57. The first-order chi connectivity index (χ1) is 28.3. The number of Topliss-reactive ketones (excluding diaryl/α,β-unsaturated/α-hetero) is 1. The molecular weight excluding hydrogens is 789 g/mol. The molecule has 1 aliphatic heterocycles. The Balaban J connectivity index is 3.84. The van der Waals surface area contributed by atoms with Crippen molar-refractivity contribution in [2.45, 2.75) is 190 Å². The lowest BCUT2D eigenvalue weighted by atomic mass is 9.88. The average Bonchev–Trinajstić information content (AvgIpc) is 3.12. The standard InChI is InChI=1S/C44H76N6O11/c1-13-31-41(57)48-34(18-26(8)9)43(59)49-33(17-25(6)7)42(58)45-28(12)39(55)47-32(22-38(53)54)36(51)20-29(16-24(4)5)40(56)50-35(19-27(10)11)44(60)61-30(15-14-23(2)3)21-37(52)46-31/h23-35H,13-22H2,1-12H3,(H,45,58)(H,46,52)(H,47,55)(H,48,57)(H,49,59)(H,50,56)(H,53,54)/t28-,29-,30+,31?,32-,33+,34-,35-/m0/s1. The summed E-state index contributed by atoms with van der Waals surface area (Å²) in [6.07, 6.45) is -0.708. The molecule has 1 saturated heterocycles. The third-order valence-electron chi connectivity index (χ3n) is 10.2. The quantitative estimate of drug-likeness (QED) is 0.125. The second-order valence-corrected chi connectivity index (χ2v) is 18.7. The lowest BCUT2D eigenvalue weighted by Gasteiger charge is -2.27. The van der Waals surface area contributed by atoms with Crippen LogP contribution in [0.3, 0.4) is 0 Å². The van der Waals surface area contributed by atoms with Crippen LogP contribution in [0.1, 0.15) is 147 Å². The Labute approximate surface area is 362 Å². The maximum absolute atomic E-state index is 14.0. The van der Waals surface area contributed by atoms with Crippen molar-refractivity contribution < 1.29 is 53.0 Å². The van der Waals surface area contributed by atoms with Crippen LogP contribution < -0.4 is 31.9 Å². The predicted octanol–water partition coefficient (Wildman–Crippen LogP) is 3.31. The lowest BCUT2D eigenvalue weighted by Crippen LogP contribution is -2.58. The zero-order chi connectivity index (χ0) is 46.7. The minimum Gasteiger partial charge on any atom is -0.481 e. The van der Waals surface area contributed by atoms with Gasteiger partial charge in [-0.25, -0.2) is 4.79 Å². The van der Waals surface area contributed by atoms with Gasteiger partial charge in [-0.05, 0) is 81.5 Å². The van der Waals surface area contributed by atoms with Gasteiger partial charge in [-0.15, -0.1) is 0 Å². The van der Waals surface area contributed by atoms with E-state index in [0.717, 1.165) is 0 Å². The monoisotopic (exact) mass is 865 g/mol. The molecule has 0 bridgehead atoms. The molecule has 1 heterocycles. The molecule has 0 aromatic rings. The molecule has 0 aromatic heterocycles. The van der Waals surface area contributed by atoms with E-state index in [0.29, 0.717) is 12.8 Å². The lowest BCUT2D eigenvalue weighted by molar-refractivity contribution is -0.156. The number of ketones is 1. The van der Waals surface area contributed by atoms with Gasteiger partial charge in [0.2, 0.25) is 35.4 Å². The minimum atomic E-state index is -1.57. The molecule has 8 atom stereocenters. The summed E-state index contributed by atoms with van der Waals surface area (Å²) in [7, 11) is 0. The molecule has 1 unspecified atom stereocenters. The second kappa shape index (κ2) is 26.7. The van der Waals surface area contributed by atoms with Crippen LogP contribution in [0.5, 0.6) is 0 Å². The Morgan fingerprint density at radius 2 is 1.03 bits per heavy atom. The predicted molar refractivity (Wildman–Crippen MR) is 229 cm³/mol. The van der Waals surface area contributed by atoms with Crippen molar-refractivity contribution >= 4 is 53.2 Å².